The van der Waals surface area contributed by atoms with Gasteiger partial charge in [-0.1, -0.05) is 18.2 Å². The second-order valence-electron chi connectivity index (χ2n) is 7.90. The smallest absolute Gasteiger partial charge is 0.417 e. The van der Waals surface area contributed by atoms with Crippen LogP contribution in [0.3, 0.4) is 0 Å². The normalized spacial score (nSPS) is 18.1. The van der Waals surface area contributed by atoms with Gasteiger partial charge in [0.05, 0.1) is 37.9 Å². The number of rotatable bonds is 8. The van der Waals surface area contributed by atoms with E-state index in [2.05, 4.69) is 5.32 Å². The summed E-state index contributed by atoms with van der Waals surface area (Å²) in [6.45, 7) is 1.84. The second-order valence-corrected chi connectivity index (χ2v) is 7.90. The summed E-state index contributed by atoms with van der Waals surface area (Å²) in [6, 6.07) is 6.27. The molecule has 0 heterocycles. The zero-order valence-corrected chi connectivity index (χ0v) is 19.3. The molecule has 0 bridgehead atoms. The number of amides is 1. The maximum atomic E-state index is 13.4. The zero-order chi connectivity index (χ0) is 25.8. The van der Waals surface area contributed by atoms with Crippen LogP contribution in [0.4, 0.5) is 17.6 Å². The van der Waals surface area contributed by atoms with E-state index < -0.39 is 52.9 Å². The summed E-state index contributed by atoms with van der Waals surface area (Å²) in [5.41, 5.74) is -1.44. The minimum absolute atomic E-state index is 0.157. The van der Waals surface area contributed by atoms with Crippen LogP contribution in [-0.2, 0) is 15.7 Å². The first-order valence-electron chi connectivity index (χ1n) is 10.8. The Morgan fingerprint density at radius 2 is 1.77 bits per heavy atom. The molecule has 0 aliphatic heterocycles. The fourth-order valence-electron chi connectivity index (χ4n) is 4.11. The van der Waals surface area contributed by atoms with Crippen molar-refractivity contribution in [3.8, 4) is 11.5 Å². The van der Waals surface area contributed by atoms with Crippen molar-refractivity contribution in [2.45, 2.75) is 31.5 Å². The molecule has 1 aliphatic carbocycles. The maximum absolute atomic E-state index is 13.4. The van der Waals surface area contributed by atoms with Gasteiger partial charge in [-0.25, -0.2) is 4.39 Å². The van der Waals surface area contributed by atoms with Gasteiger partial charge in [-0.2, -0.15) is 13.2 Å². The van der Waals surface area contributed by atoms with Crippen LogP contribution in [0.15, 0.2) is 48.6 Å². The van der Waals surface area contributed by atoms with Crippen LogP contribution in [0, 0.1) is 11.7 Å². The minimum Gasteiger partial charge on any atom is -0.493 e. The number of hydrogen-bond acceptors (Lipinski definition) is 5. The number of alkyl halides is 3. The molecule has 2 aromatic rings. The van der Waals surface area contributed by atoms with Gasteiger partial charge in [-0.05, 0) is 55.2 Å². The Kier molecular flexibility index (Phi) is 8.03. The standard InChI is InChI=1S/C25H25F4NO5/c1-4-35-24(32)22(15-6-10-20(33-2)21(12-15)34-3)14-5-8-17(11-14)30-23(31)18-9-7-16(26)13-19(18)25(27,28)29/h5-10,12-14,17,22H,4,11H2,1-3H3,(H,30,31)/t14-,17+,22+/m1/s1. The third kappa shape index (κ3) is 5.93. The average Bonchev–Trinajstić information content (AvgIpc) is 3.26. The first kappa shape index (κ1) is 26.1. The Morgan fingerprint density at radius 3 is 2.40 bits per heavy atom. The lowest BCUT2D eigenvalue weighted by atomic mass is 9.85. The van der Waals surface area contributed by atoms with Crippen LogP contribution in [0.5, 0.6) is 11.5 Å². The number of nitrogens with one attached hydrogen (secondary N) is 1. The number of esters is 1. The van der Waals surface area contributed by atoms with Crippen molar-refractivity contribution in [3.63, 3.8) is 0 Å². The summed E-state index contributed by atoms with van der Waals surface area (Å²) in [7, 11) is 2.95. The number of hydrogen-bond donors (Lipinski definition) is 1. The Balaban J connectivity index is 1.82. The highest BCUT2D eigenvalue weighted by molar-refractivity contribution is 5.96. The third-order valence-corrected chi connectivity index (χ3v) is 5.70. The molecule has 3 rings (SSSR count). The van der Waals surface area contributed by atoms with Crippen molar-refractivity contribution in [2.75, 3.05) is 20.8 Å². The molecule has 2 aromatic carbocycles. The Labute approximate surface area is 199 Å². The van der Waals surface area contributed by atoms with Crippen LogP contribution in [0.25, 0.3) is 0 Å². The lowest BCUT2D eigenvalue weighted by molar-refractivity contribution is -0.146. The van der Waals surface area contributed by atoms with Gasteiger partial charge in [0, 0.05) is 6.04 Å². The number of carbonyl (C=O) groups excluding carboxylic acids is 2. The van der Waals surface area contributed by atoms with Crippen molar-refractivity contribution in [3.05, 3.63) is 71.1 Å². The van der Waals surface area contributed by atoms with Crippen LogP contribution < -0.4 is 14.8 Å². The molecule has 0 radical (unpaired) electrons. The molecule has 35 heavy (non-hydrogen) atoms. The average molecular weight is 495 g/mol. The highest BCUT2D eigenvalue weighted by Crippen LogP contribution is 2.38. The molecule has 6 nitrogen and oxygen atoms in total. The van der Waals surface area contributed by atoms with Gasteiger partial charge in [0.25, 0.3) is 5.91 Å². The van der Waals surface area contributed by atoms with Crippen molar-refractivity contribution >= 4 is 11.9 Å². The summed E-state index contributed by atoms with van der Waals surface area (Å²) >= 11 is 0. The highest BCUT2D eigenvalue weighted by atomic mass is 19.4. The summed E-state index contributed by atoms with van der Waals surface area (Å²) in [5, 5.41) is 2.53. The van der Waals surface area contributed by atoms with E-state index in [1.165, 1.54) is 14.2 Å². The molecule has 188 valence electrons. The highest BCUT2D eigenvalue weighted by Gasteiger charge is 2.38. The van der Waals surface area contributed by atoms with Gasteiger partial charge in [-0.3, -0.25) is 9.59 Å². The quantitative estimate of drug-likeness (QED) is 0.321. The minimum atomic E-state index is -4.90. The van der Waals surface area contributed by atoms with Crippen LogP contribution in [0.1, 0.15) is 40.7 Å². The second kappa shape index (κ2) is 10.8. The summed E-state index contributed by atoms with van der Waals surface area (Å²) in [5.74, 6) is -2.84. The van der Waals surface area contributed by atoms with Gasteiger partial charge in [0.1, 0.15) is 5.82 Å². The Bertz CT molecular complexity index is 1120. The number of methoxy groups -OCH3 is 2. The van der Waals surface area contributed by atoms with E-state index in [0.717, 1.165) is 12.1 Å². The largest absolute Gasteiger partial charge is 0.493 e. The fraction of sp³-hybridized carbons (Fsp3) is 0.360. The Morgan fingerprint density at radius 1 is 1.06 bits per heavy atom. The summed E-state index contributed by atoms with van der Waals surface area (Å²) in [6.07, 6.45) is -1.32. The first-order chi connectivity index (χ1) is 16.6. The monoisotopic (exact) mass is 495 g/mol. The molecule has 10 heteroatoms. The van der Waals surface area contributed by atoms with Crippen molar-refractivity contribution in [1.82, 2.24) is 5.32 Å². The van der Waals surface area contributed by atoms with E-state index in [4.69, 9.17) is 14.2 Å². The zero-order valence-electron chi connectivity index (χ0n) is 19.3. The first-order valence-corrected chi connectivity index (χ1v) is 10.8. The number of carbonyl (C=O) groups is 2. The SMILES string of the molecule is CCOC(=O)[C@H](c1ccc(OC)c(OC)c1)[C@@H]1C=C[C@H](NC(=O)c2ccc(F)cc2C(F)(F)F)C1. The van der Waals surface area contributed by atoms with Crippen molar-refractivity contribution in [2.24, 2.45) is 5.92 Å². The van der Waals surface area contributed by atoms with E-state index in [9.17, 15) is 27.2 Å². The molecule has 0 saturated carbocycles. The molecular weight excluding hydrogens is 470 g/mol. The fourth-order valence-corrected chi connectivity index (χ4v) is 4.11. The van der Waals surface area contributed by atoms with Gasteiger partial charge >= 0.3 is 12.1 Å². The predicted molar refractivity (Wildman–Crippen MR) is 119 cm³/mol. The lowest BCUT2D eigenvalue weighted by Crippen LogP contribution is -2.35. The van der Waals surface area contributed by atoms with Crippen molar-refractivity contribution < 1.29 is 41.4 Å². The maximum Gasteiger partial charge on any atom is 0.417 e. The molecule has 1 N–H and O–H groups in total. The molecule has 1 amide bonds. The molecule has 0 unspecified atom stereocenters. The molecule has 1 aliphatic rings. The molecule has 0 aromatic heterocycles. The topological polar surface area (TPSA) is 73.9 Å². The number of halogens is 4. The number of ether oxygens (including phenoxy) is 3. The molecule has 0 fully saturated rings. The Hall–Kier alpha value is -3.56. The van der Waals surface area contributed by atoms with E-state index in [1.54, 1.807) is 37.3 Å². The molecule has 0 saturated heterocycles. The van der Waals surface area contributed by atoms with Crippen LogP contribution in [0.2, 0.25) is 0 Å². The predicted octanol–water partition coefficient (Wildman–Crippen LogP) is 4.88. The van der Waals surface area contributed by atoms with Crippen LogP contribution >= 0.6 is 0 Å². The van der Waals surface area contributed by atoms with Gasteiger partial charge in [0.15, 0.2) is 11.5 Å². The number of benzene rings is 2. The summed E-state index contributed by atoms with van der Waals surface area (Å²) < 4.78 is 69.1. The van der Waals surface area contributed by atoms with Crippen LogP contribution in [-0.4, -0.2) is 38.7 Å². The van der Waals surface area contributed by atoms with E-state index >= 15 is 0 Å². The lowest BCUT2D eigenvalue weighted by Gasteiger charge is -2.23. The number of allylic oxidation sites excluding steroid dienone is 1. The molecular formula is C25H25F4NO5. The van der Waals surface area contributed by atoms with E-state index in [0.29, 0.717) is 17.1 Å². The van der Waals surface area contributed by atoms with E-state index in [-0.39, 0.29) is 19.1 Å². The third-order valence-electron chi connectivity index (χ3n) is 5.70. The molecule has 3 atom stereocenters. The summed E-state index contributed by atoms with van der Waals surface area (Å²) in [4.78, 5) is 25.5. The van der Waals surface area contributed by atoms with Gasteiger partial charge in [-0.15, -0.1) is 0 Å². The van der Waals surface area contributed by atoms with Crippen molar-refractivity contribution in [1.29, 1.82) is 0 Å². The van der Waals surface area contributed by atoms with Gasteiger partial charge in [0.2, 0.25) is 0 Å². The van der Waals surface area contributed by atoms with E-state index in [1.807, 2.05) is 0 Å². The molecule has 0 spiro atoms. The van der Waals surface area contributed by atoms with Gasteiger partial charge < -0.3 is 19.5 Å².